The Morgan fingerprint density at radius 3 is 1.54 bits per heavy atom. The predicted octanol–water partition coefficient (Wildman–Crippen LogP) is -6.95. The number of hydrogen-bond donors (Lipinski definition) is 17. The summed E-state index contributed by atoms with van der Waals surface area (Å²) < 4.78 is 0. The topological polar surface area (TPSA) is 529 Å². The lowest BCUT2D eigenvalue weighted by Gasteiger charge is -2.32. The summed E-state index contributed by atoms with van der Waals surface area (Å²) in [7, 11) is 0. The molecule has 1 heterocycles. The zero-order valence-electron chi connectivity index (χ0n) is 35.1. The Morgan fingerprint density at radius 2 is 1.04 bits per heavy atom. The number of phenols is 1. The minimum Gasteiger partial charge on any atom is -0.508 e. The van der Waals surface area contributed by atoms with Gasteiger partial charge in [0.25, 0.3) is 29.5 Å². The number of hydrogen-bond acceptors (Lipinski definition) is 15. The van der Waals surface area contributed by atoms with Gasteiger partial charge in [-0.25, -0.2) is 20.0 Å². The van der Waals surface area contributed by atoms with E-state index in [4.69, 9.17) is 57.3 Å². The van der Waals surface area contributed by atoms with Gasteiger partial charge in [0.05, 0.1) is 16.9 Å². The van der Waals surface area contributed by atoms with Crippen molar-refractivity contribution >= 4 is 81.6 Å². The zero-order chi connectivity index (χ0) is 49.5. The molecular weight excluding hydrogens is 879 g/mol. The first kappa shape index (κ1) is 50.0. The molecule has 0 radical (unpaired) electrons. The fraction of sp³-hybridized carbons (Fsp3) is 0.184. The van der Waals surface area contributed by atoms with Crippen molar-refractivity contribution in [1.82, 2.24) is 31.6 Å². The molecule has 0 fully saturated rings. The van der Waals surface area contributed by atoms with E-state index in [1.54, 1.807) is 48.7 Å². The lowest BCUT2D eigenvalue weighted by Crippen LogP contribution is -2.58. The molecule has 3 aromatic carbocycles. The number of primary amides is 1. The third kappa shape index (κ3) is 14.2. The number of aromatic hydroxyl groups is 1. The molecule has 4 rings (SSSR count). The van der Waals surface area contributed by atoms with Crippen LogP contribution in [0.15, 0.2) is 105 Å². The van der Waals surface area contributed by atoms with Crippen molar-refractivity contribution in [3.05, 3.63) is 96.2 Å². The molecule has 6 atom stereocenters. The molecule has 6 unspecified atom stereocenters. The second kappa shape index (κ2) is 22.6. The van der Waals surface area contributed by atoms with Crippen molar-refractivity contribution in [2.75, 3.05) is 10.6 Å². The number of aliphatic hydroxyl groups excluding tert-OH is 1. The summed E-state index contributed by atoms with van der Waals surface area (Å²) in [5.41, 5.74) is 57.0. The molecule has 0 aliphatic rings. The van der Waals surface area contributed by atoms with Gasteiger partial charge >= 0.3 is 0 Å². The molecule has 29 heteroatoms. The molecule has 4 aromatic rings. The maximum Gasteiger partial charge on any atom is 0.270 e. The highest BCUT2D eigenvalue weighted by atomic mass is 16.3. The van der Waals surface area contributed by atoms with Crippen LogP contribution in [0.25, 0.3) is 10.9 Å². The van der Waals surface area contributed by atoms with Gasteiger partial charge in [-0.15, -0.1) is 0 Å². The van der Waals surface area contributed by atoms with Gasteiger partial charge in [0.2, 0.25) is 36.8 Å². The van der Waals surface area contributed by atoms with E-state index in [1.807, 2.05) is 10.6 Å². The van der Waals surface area contributed by atoms with Crippen LogP contribution in [-0.4, -0.2) is 105 Å². The van der Waals surface area contributed by atoms with E-state index < -0.39 is 96.2 Å². The molecular formula is C38H49N21O8. The monoisotopic (exact) mass is 927 g/mol. The second-order valence-corrected chi connectivity index (χ2v) is 13.9. The average molecular weight is 928 g/mol. The number of aromatic nitrogens is 1. The van der Waals surface area contributed by atoms with Crippen LogP contribution in [0, 0.1) is 0 Å². The van der Waals surface area contributed by atoms with Crippen molar-refractivity contribution in [3.63, 3.8) is 0 Å². The van der Waals surface area contributed by atoms with Crippen molar-refractivity contribution in [2.24, 2.45) is 71.6 Å². The minimum atomic E-state index is -2.15. The Labute approximate surface area is 379 Å². The zero-order valence-corrected chi connectivity index (χ0v) is 35.1. The van der Waals surface area contributed by atoms with E-state index in [2.05, 4.69) is 40.9 Å². The van der Waals surface area contributed by atoms with E-state index in [9.17, 15) is 39.0 Å². The normalized spacial score (nSPS) is 13.3. The number of nitrogens with zero attached hydrogens (tertiary/aromatic N) is 6. The summed E-state index contributed by atoms with van der Waals surface area (Å²) >= 11 is 0. The Kier molecular flexibility index (Phi) is 16.9. The van der Waals surface area contributed by atoms with Gasteiger partial charge in [0.1, 0.15) is 11.8 Å². The first-order chi connectivity index (χ1) is 31.6. The van der Waals surface area contributed by atoms with Crippen molar-refractivity contribution in [3.8, 4) is 5.75 Å². The quantitative estimate of drug-likeness (QED) is 0.0169. The molecule has 0 saturated heterocycles. The van der Waals surface area contributed by atoms with Crippen LogP contribution in [0.4, 0.5) is 11.4 Å². The number of aliphatic hydroxyl groups is 1. The number of rotatable bonds is 20. The molecule has 354 valence electrons. The standard InChI is InChI=1S/C38H49N21O8/c39-22-19-7-4-14-49-20(19)12-13-21(22)59(15-16-8-10-18(60)11-9-16)34(67)33(66)50-23(17-5-2-1-3-6-17)29(62)52-26(56-36(43)44)31(64)54-28(58-38(47)48)32(65)53-27(57-37(45)46)30(63)51-25(24(40)61)55-35(41)42/h1-14,23,25-28,34,60,67H,15,39H2,(H2,40,61)(H,50,66)(H,51,63)(H,52,62)(H,53,65)(H,54,64)(H4,41,42,55)(H4,43,44,56)(H4,45,46,57)(H4,47,48,58). The van der Waals surface area contributed by atoms with Crippen molar-refractivity contribution < 1.29 is 39.0 Å². The highest BCUT2D eigenvalue weighted by molar-refractivity contribution is 6.00. The van der Waals surface area contributed by atoms with Crippen LogP contribution in [0.1, 0.15) is 17.2 Å². The second-order valence-electron chi connectivity index (χ2n) is 13.9. The number of guanidine groups is 4. The smallest absolute Gasteiger partial charge is 0.270 e. The van der Waals surface area contributed by atoms with Crippen LogP contribution < -0.4 is 88.8 Å². The summed E-state index contributed by atoms with van der Waals surface area (Å²) in [6.45, 7) is -0.145. The number of nitrogens with one attached hydrogen (secondary N) is 5. The minimum absolute atomic E-state index is 0.0387. The Balaban J connectivity index is 1.64. The Bertz CT molecular complexity index is 2580. The summed E-state index contributed by atoms with van der Waals surface area (Å²) in [5, 5.41) is 33.0. The summed E-state index contributed by atoms with van der Waals surface area (Å²) in [5.74, 6) is -10.6. The number of anilines is 2. The van der Waals surface area contributed by atoms with E-state index in [1.165, 1.54) is 41.3 Å². The van der Waals surface area contributed by atoms with Gasteiger partial charge in [0, 0.05) is 18.1 Å². The molecule has 1 aromatic heterocycles. The van der Waals surface area contributed by atoms with Crippen LogP contribution in [0.5, 0.6) is 5.75 Å². The lowest BCUT2D eigenvalue weighted by molar-refractivity contribution is -0.136. The number of nitrogens with two attached hydrogens (primary N) is 10. The van der Waals surface area contributed by atoms with Crippen molar-refractivity contribution in [2.45, 2.75) is 43.5 Å². The van der Waals surface area contributed by atoms with E-state index in [-0.39, 0.29) is 29.2 Å². The molecule has 0 bridgehead atoms. The molecule has 6 amide bonds. The maximum absolute atomic E-state index is 14.2. The molecule has 29 nitrogen and oxygen atoms in total. The van der Waals surface area contributed by atoms with Crippen LogP contribution >= 0.6 is 0 Å². The Morgan fingerprint density at radius 1 is 0.567 bits per heavy atom. The fourth-order valence-corrected chi connectivity index (χ4v) is 5.91. The molecule has 0 spiro atoms. The third-order valence-corrected chi connectivity index (χ3v) is 8.86. The number of benzene rings is 3. The molecule has 0 saturated carbocycles. The number of pyridine rings is 1. The molecule has 0 aliphatic carbocycles. The van der Waals surface area contributed by atoms with Crippen LogP contribution in [-0.2, 0) is 35.3 Å². The van der Waals surface area contributed by atoms with E-state index in [0.717, 1.165) is 0 Å². The van der Waals surface area contributed by atoms with Crippen LogP contribution in [0.3, 0.4) is 0 Å². The largest absolute Gasteiger partial charge is 0.508 e. The van der Waals surface area contributed by atoms with Gasteiger partial charge in [0.15, 0.2) is 23.8 Å². The van der Waals surface area contributed by atoms with Crippen LogP contribution in [0.2, 0.25) is 0 Å². The summed E-state index contributed by atoms with van der Waals surface area (Å²) in [4.78, 5) is 100. The first-order valence-electron chi connectivity index (χ1n) is 19.2. The number of phenolic OH excluding ortho intramolecular Hbond substituents is 1. The summed E-state index contributed by atoms with van der Waals surface area (Å²) in [6.07, 6.45) is -8.70. The van der Waals surface area contributed by atoms with Gasteiger partial charge in [-0.1, -0.05) is 42.5 Å². The Hall–Kier alpha value is -9.67. The van der Waals surface area contributed by atoms with E-state index in [0.29, 0.717) is 16.5 Å². The number of amides is 6. The molecule has 27 N–H and O–H groups in total. The average Bonchev–Trinajstić information content (AvgIpc) is 3.26. The number of carbonyl (C=O) groups is 6. The number of nitrogen functional groups attached to an aromatic ring is 1. The van der Waals surface area contributed by atoms with E-state index >= 15 is 0 Å². The number of carbonyl (C=O) groups excluding carboxylic acids is 6. The number of fused-ring (bicyclic) bond motifs is 1. The fourth-order valence-electron chi connectivity index (χ4n) is 5.91. The molecule has 67 heavy (non-hydrogen) atoms. The SMILES string of the molecule is NC(=O)C(N=C(N)N)NC(=O)C(N=C(N)N)NC(=O)C(N=C(N)N)NC(=O)C(N=C(N)N)NC(=O)C(NC(=O)C(O)N(Cc1ccc(O)cc1)c1ccc2ncccc2c1N)c1ccccc1. The third-order valence-electron chi connectivity index (χ3n) is 8.86. The predicted molar refractivity (Wildman–Crippen MR) is 244 cm³/mol. The van der Waals surface area contributed by atoms with Gasteiger partial charge in [-0.05, 0) is 47.5 Å². The van der Waals surface area contributed by atoms with Crippen molar-refractivity contribution in [1.29, 1.82) is 0 Å². The van der Waals surface area contributed by atoms with Gasteiger partial charge in [-0.2, -0.15) is 0 Å². The first-order valence-corrected chi connectivity index (χ1v) is 19.2. The highest BCUT2D eigenvalue weighted by Gasteiger charge is 2.35. The summed E-state index contributed by atoms with van der Waals surface area (Å²) in [6, 6.07) is 18.3. The maximum atomic E-state index is 14.2. The number of aliphatic imine (C=N–C) groups is 4. The van der Waals surface area contributed by atoms with Gasteiger partial charge in [-0.3, -0.25) is 33.8 Å². The highest BCUT2D eigenvalue weighted by Crippen LogP contribution is 2.33. The van der Waals surface area contributed by atoms with Gasteiger partial charge < -0.3 is 99.0 Å². The molecule has 0 aliphatic heterocycles. The lowest BCUT2D eigenvalue weighted by atomic mass is 10.1.